The highest BCUT2D eigenvalue weighted by atomic mass is 127. The molecular formula is C22H28IN3O3. The summed E-state index contributed by atoms with van der Waals surface area (Å²) in [6.45, 7) is 3.99. The largest absolute Gasteiger partial charge is 0.493 e. The number of hydrogen-bond acceptors (Lipinski definition) is 4. The summed E-state index contributed by atoms with van der Waals surface area (Å²) in [4.78, 5) is 4.22. The molecule has 0 saturated heterocycles. The Morgan fingerprint density at radius 1 is 1.07 bits per heavy atom. The van der Waals surface area contributed by atoms with Crippen LogP contribution in [0.4, 0.5) is 0 Å². The van der Waals surface area contributed by atoms with Crippen LogP contribution in [0.25, 0.3) is 0 Å². The zero-order valence-electron chi connectivity index (χ0n) is 17.0. The van der Waals surface area contributed by atoms with E-state index in [-0.39, 0.29) is 30.6 Å². The van der Waals surface area contributed by atoms with E-state index in [0.717, 1.165) is 11.3 Å². The van der Waals surface area contributed by atoms with Crippen LogP contribution >= 0.6 is 24.0 Å². The van der Waals surface area contributed by atoms with Crippen molar-refractivity contribution < 1.29 is 14.2 Å². The van der Waals surface area contributed by atoms with Crippen LogP contribution in [0, 0.1) is 19.3 Å². The first-order valence-corrected chi connectivity index (χ1v) is 9.03. The quantitative estimate of drug-likeness (QED) is 0.179. The molecule has 0 radical (unpaired) electrons. The normalized spacial score (nSPS) is 10.3. The zero-order chi connectivity index (χ0) is 20.2. The van der Waals surface area contributed by atoms with Gasteiger partial charge in [-0.05, 0) is 36.8 Å². The van der Waals surface area contributed by atoms with Crippen LogP contribution in [0.1, 0.15) is 11.1 Å². The molecule has 0 saturated carbocycles. The van der Waals surface area contributed by atoms with Gasteiger partial charge in [0.2, 0.25) is 0 Å². The van der Waals surface area contributed by atoms with Gasteiger partial charge in [0.05, 0.1) is 13.7 Å². The Labute approximate surface area is 190 Å². The fourth-order valence-electron chi connectivity index (χ4n) is 2.44. The van der Waals surface area contributed by atoms with Gasteiger partial charge >= 0.3 is 0 Å². The first-order chi connectivity index (χ1) is 13.7. The van der Waals surface area contributed by atoms with E-state index in [1.165, 1.54) is 5.56 Å². The lowest BCUT2D eigenvalue weighted by molar-refractivity contribution is 0.322. The smallest absolute Gasteiger partial charge is 0.191 e. The second-order valence-electron chi connectivity index (χ2n) is 5.99. The van der Waals surface area contributed by atoms with Crippen molar-refractivity contribution in [3.05, 3.63) is 53.6 Å². The molecule has 0 spiro atoms. The van der Waals surface area contributed by atoms with Gasteiger partial charge in [0, 0.05) is 13.6 Å². The number of ether oxygens (including phenoxy) is 3. The van der Waals surface area contributed by atoms with Crippen molar-refractivity contribution in [2.24, 2.45) is 4.99 Å². The molecule has 0 fully saturated rings. The van der Waals surface area contributed by atoms with Crippen LogP contribution in [0.5, 0.6) is 17.2 Å². The molecule has 6 nitrogen and oxygen atoms in total. The van der Waals surface area contributed by atoms with Crippen LogP contribution in [0.3, 0.4) is 0 Å². The molecule has 0 heterocycles. The lowest BCUT2D eigenvalue weighted by Crippen LogP contribution is -2.38. The number of rotatable bonds is 9. The Hall–Kier alpha value is -2.60. The fraction of sp³-hybridized carbons (Fsp3) is 0.318. The molecule has 0 aromatic heterocycles. The van der Waals surface area contributed by atoms with Crippen LogP contribution in [-0.4, -0.2) is 39.9 Å². The number of guanidine groups is 1. The molecule has 156 valence electrons. The zero-order valence-corrected chi connectivity index (χ0v) is 19.4. The lowest BCUT2D eigenvalue weighted by Gasteiger charge is -2.14. The summed E-state index contributed by atoms with van der Waals surface area (Å²) in [5.41, 5.74) is 2.23. The topological polar surface area (TPSA) is 64.1 Å². The SMILES string of the molecule is C#CCOc1cc(CNC(=NC)NCCOc2ccc(C)cc2)ccc1OC.I. The maximum Gasteiger partial charge on any atom is 0.191 e. The van der Waals surface area contributed by atoms with Gasteiger partial charge in [-0.2, -0.15) is 0 Å². The predicted octanol–water partition coefficient (Wildman–Crippen LogP) is 3.38. The molecule has 0 unspecified atom stereocenters. The second-order valence-corrected chi connectivity index (χ2v) is 5.99. The second kappa shape index (κ2) is 13.6. The Balaban J connectivity index is 0.00000420. The van der Waals surface area contributed by atoms with Gasteiger partial charge in [-0.25, -0.2) is 0 Å². The van der Waals surface area contributed by atoms with E-state index in [4.69, 9.17) is 20.6 Å². The van der Waals surface area contributed by atoms with Crippen molar-refractivity contribution in [2.75, 3.05) is 33.9 Å². The van der Waals surface area contributed by atoms with Crippen molar-refractivity contribution >= 4 is 29.9 Å². The van der Waals surface area contributed by atoms with Crippen molar-refractivity contribution in [1.29, 1.82) is 0 Å². The number of aryl methyl sites for hydroxylation is 1. The number of aliphatic imine (C=N–C) groups is 1. The molecule has 0 aliphatic rings. The highest BCUT2D eigenvalue weighted by Crippen LogP contribution is 2.27. The van der Waals surface area contributed by atoms with Gasteiger partial charge in [0.1, 0.15) is 19.0 Å². The molecule has 2 N–H and O–H groups in total. The highest BCUT2D eigenvalue weighted by Gasteiger charge is 2.06. The van der Waals surface area contributed by atoms with E-state index in [2.05, 4.69) is 21.5 Å². The highest BCUT2D eigenvalue weighted by molar-refractivity contribution is 14.0. The van der Waals surface area contributed by atoms with E-state index in [0.29, 0.717) is 37.2 Å². The van der Waals surface area contributed by atoms with Gasteiger partial charge in [-0.3, -0.25) is 4.99 Å². The van der Waals surface area contributed by atoms with Crippen LogP contribution < -0.4 is 24.8 Å². The molecule has 2 aromatic rings. The van der Waals surface area contributed by atoms with Crippen molar-refractivity contribution in [3.8, 4) is 29.6 Å². The summed E-state index contributed by atoms with van der Waals surface area (Å²) < 4.78 is 16.5. The van der Waals surface area contributed by atoms with E-state index in [1.807, 2.05) is 49.4 Å². The molecule has 0 bridgehead atoms. The summed E-state index contributed by atoms with van der Waals surface area (Å²) in [6.07, 6.45) is 5.26. The van der Waals surface area contributed by atoms with E-state index in [1.54, 1.807) is 14.2 Å². The third-order valence-electron chi connectivity index (χ3n) is 3.91. The van der Waals surface area contributed by atoms with Crippen LogP contribution in [-0.2, 0) is 6.54 Å². The minimum atomic E-state index is 0. The molecule has 29 heavy (non-hydrogen) atoms. The van der Waals surface area contributed by atoms with E-state index in [9.17, 15) is 0 Å². The lowest BCUT2D eigenvalue weighted by atomic mass is 10.2. The standard InChI is InChI=1S/C22H27N3O3.HI/c1-5-13-28-21-15-18(8-11-20(21)26-4)16-25-22(23-3)24-12-14-27-19-9-6-17(2)7-10-19;/h1,6-11,15H,12-14,16H2,2-4H3,(H2,23,24,25);1H. The minimum Gasteiger partial charge on any atom is -0.493 e. The van der Waals surface area contributed by atoms with Crippen molar-refractivity contribution in [3.63, 3.8) is 0 Å². The minimum absolute atomic E-state index is 0. The Morgan fingerprint density at radius 2 is 1.83 bits per heavy atom. The average molecular weight is 509 g/mol. The molecule has 0 aliphatic carbocycles. The summed E-state index contributed by atoms with van der Waals surface area (Å²) in [5, 5.41) is 6.48. The van der Waals surface area contributed by atoms with Gasteiger partial charge in [-0.1, -0.05) is 29.7 Å². The number of methoxy groups -OCH3 is 1. The molecule has 2 aromatic carbocycles. The van der Waals surface area contributed by atoms with Crippen LogP contribution in [0.2, 0.25) is 0 Å². The number of benzene rings is 2. The maximum absolute atomic E-state index is 5.71. The number of halogens is 1. The average Bonchev–Trinajstić information content (AvgIpc) is 2.73. The van der Waals surface area contributed by atoms with E-state index < -0.39 is 0 Å². The Morgan fingerprint density at radius 3 is 2.48 bits per heavy atom. The van der Waals surface area contributed by atoms with Crippen molar-refractivity contribution in [2.45, 2.75) is 13.5 Å². The third kappa shape index (κ3) is 8.52. The fourth-order valence-corrected chi connectivity index (χ4v) is 2.44. The molecule has 7 heteroatoms. The first-order valence-electron chi connectivity index (χ1n) is 9.03. The van der Waals surface area contributed by atoms with Gasteiger partial charge in [0.25, 0.3) is 0 Å². The molecular weight excluding hydrogens is 481 g/mol. The molecule has 2 rings (SSSR count). The number of terminal acetylenes is 1. The first kappa shape index (κ1) is 24.4. The van der Waals surface area contributed by atoms with Gasteiger partial charge in [-0.15, -0.1) is 30.4 Å². The summed E-state index contributed by atoms with van der Waals surface area (Å²) >= 11 is 0. The summed E-state index contributed by atoms with van der Waals surface area (Å²) in [5.74, 6) is 5.27. The van der Waals surface area contributed by atoms with Crippen molar-refractivity contribution in [1.82, 2.24) is 10.6 Å². The Kier molecular flexibility index (Phi) is 11.4. The predicted molar refractivity (Wildman–Crippen MR) is 128 cm³/mol. The summed E-state index contributed by atoms with van der Waals surface area (Å²) in [6, 6.07) is 13.7. The van der Waals surface area contributed by atoms with Gasteiger partial charge in [0.15, 0.2) is 17.5 Å². The number of hydrogen-bond donors (Lipinski definition) is 2. The monoisotopic (exact) mass is 509 g/mol. The van der Waals surface area contributed by atoms with Crippen LogP contribution in [0.15, 0.2) is 47.5 Å². The Bertz CT molecular complexity index is 817. The molecule has 0 atom stereocenters. The third-order valence-corrected chi connectivity index (χ3v) is 3.91. The molecule has 0 aliphatic heterocycles. The summed E-state index contributed by atoms with van der Waals surface area (Å²) in [7, 11) is 3.33. The molecule has 0 amide bonds. The van der Waals surface area contributed by atoms with Gasteiger partial charge < -0.3 is 24.8 Å². The number of nitrogens with zero attached hydrogens (tertiary/aromatic N) is 1. The maximum atomic E-state index is 5.71. The van der Waals surface area contributed by atoms with E-state index >= 15 is 0 Å². The number of nitrogens with one attached hydrogen (secondary N) is 2.